The first kappa shape index (κ1) is 16.6. The van der Waals surface area contributed by atoms with Gasteiger partial charge in [0.15, 0.2) is 0 Å². The van der Waals surface area contributed by atoms with Crippen molar-refractivity contribution in [2.75, 3.05) is 0 Å². The van der Waals surface area contributed by atoms with Gasteiger partial charge in [-0.3, -0.25) is 0 Å². The maximum atomic E-state index is 12.2. The van der Waals surface area contributed by atoms with Crippen LogP contribution in [-0.2, 0) is 6.54 Å². The van der Waals surface area contributed by atoms with Gasteiger partial charge >= 0.3 is 6.36 Å². The first-order chi connectivity index (χ1) is 9.67. The largest absolute Gasteiger partial charge is 0.573 e. The summed E-state index contributed by atoms with van der Waals surface area (Å²) in [6, 6.07) is 5.10. The Kier molecular flexibility index (Phi) is 4.88. The molecule has 0 spiro atoms. The molecule has 1 fully saturated rings. The topological polar surface area (TPSA) is 21.3 Å². The minimum absolute atomic E-state index is 0.215. The van der Waals surface area contributed by atoms with Crippen LogP contribution >= 0.6 is 15.9 Å². The fourth-order valence-electron chi connectivity index (χ4n) is 2.81. The highest BCUT2D eigenvalue weighted by molar-refractivity contribution is 9.10. The van der Waals surface area contributed by atoms with Crippen LogP contribution in [0, 0.1) is 5.41 Å². The van der Waals surface area contributed by atoms with E-state index in [9.17, 15) is 13.2 Å². The number of halogens is 4. The first-order valence-corrected chi connectivity index (χ1v) is 7.74. The predicted molar refractivity (Wildman–Crippen MR) is 79.1 cm³/mol. The quantitative estimate of drug-likeness (QED) is 0.808. The van der Waals surface area contributed by atoms with Crippen molar-refractivity contribution in [3.8, 4) is 5.75 Å². The molecular weight excluding hydrogens is 347 g/mol. The van der Waals surface area contributed by atoms with E-state index in [0.29, 0.717) is 17.1 Å². The summed E-state index contributed by atoms with van der Waals surface area (Å²) >= 11 is 3.12. The predicted octanol–water partition coefficient (Wildman–Crippen LogP) is 5.02. The Labute approximate surface area is 131 Å². The van der Waals surface area contributed by atoms with Crippen molar-refractivity contribution >= 4 is 15.9 Å². The highest BCUT2D eigenvalue weighted by atomic mass is 79.9. The van der Waals surface area contributed by atoms with Crippen LogP contribution < -0.4 is 10.1 Å². The molecule has 1 N–H and O–H groups in total. The zero-order valence-electron chi connectivity index (χ0n) is 12.1. The molecule has 0 aromatic heterocycles. The summed E-state index contributed by atoms with van der Waals surface area (Å²) in [4.78, 5) is 0. The lowest BCUT2D eigenvalue weighted by atomic mass is 9.87. The van der Waals surface area contributed by atoms with Gasteiger partial charge in [-0.05, 0) is 51.9 Å². The maximum absolute atomic E-state index is 12.2. The molecule has 1 aliphatic carbocycles. The van der Waals surface area contributed by atoms with Crippen molar-refractivity contribution < 1.29 is 17.9 Å². The molecule has 6 heteroatoms. The van der Waals surface area contributed by atoms with Crippen LogP contribution in [0.4, 0.5) is 13.2 Å². The zero-order valence-corrected chi connectivity index (χ0v) is 13.6. The lowest BCUT2D eigenvalue weighted by Gasteiger charge is -2.28. The number of hydrogen-bond donors (Lipinski definition) is 1. The van der Waals surface area contributed by atoms with Crippen LogP contribution in [-0.4, -0.2) is 12.4 Å². The third-order valence-electron chi connectivity index (χ3n) is 4.03. The maximum Gasteiger partial charge on any atom is 0.573 e. The van der Waals surface area contributed by atoms with Crippen molar-refractivity contribution in [1.82, 2.24) is 5.32 Å². The third kappa shape index (κ3) is 4.61. The molecule has 1 aromatic carbocycles. The van der Waals surface area contributed by atoms with E-state index in [1.165, 1.54) is 18.9 Å². The second-order valence-corrected chi connectivity index (χ2v) is 6.98. The summed E-state index contributed by atoms with van der Waals surface area (Å²) in [6.07, 6.45) is -1.11. The normalized spacial score (nSPS) is 21.5. The second-order valence-electron chi connectivity index (χ2n) is 6.13. The molecule has 1 aromatic rings. The van der Waals surface area contributed by atoms with Crippen LogP contribution in [0.15, 0.2) is 22.7 Å². The number of rotatable bonds is 4. The summed E-state index contributed by atoms with van der Waals surface area (Å²) in [5.74, 6) is -0.215. The van der Waals surface area contributed by atoms with Crippen LogP contribution in [0.3, 0.4) is 0 Å². The number of nitrogens with one attached hydrogen (secondary N) is 1. The molecule has 118 valence electrons. The summed E-state index contributed by atoms with van der Waals surface area (Å²) in [5.41, 5.74) is 1.20. The van der Waals surface area contributed by atoms with Gasteiger partial charge in [-0.25, -0.2) is 0 Å². The Morgan fingerprint density at radius 1 is 1.38 bits per heavy atom. The molecule has 1 atom stereocenters. The Balaban J connectivity index is 1.97. The van der Waals surface area contributed by atoms with Gasteiger partial charge in [0.05, 0.1) is 4.47 Å². The molecule has 1 saturated carbocycles. The molecule has 2 rings (SSSR count). The van der Waals surface area contributed by atoms with Gasteiger partial charge in [-0.1, -0.05) is 26.3 Å². The number of alkyl halides is 3. The number of ether oxygens (including phenoxy) is 1. The molecule has 1 unspecified atom stereocenters. The minimum atomic E-state index is -4.67. The van der Waals surface area contributed by atoms with E-state index in [4.69, 9.17) is 0 Å². The SMILES string of the molecule is CC1(C)CCCC1NCc1ccc(OC(F)(F)F)c(Br)c1. The molecule has 0 saturated heterocycles. The van der Waals surface area contributed by atoms with Crippen LogP contribution in [0.2, 0.25) is 0 Å². The number of hydrogen-bond acceptors (Lipinski definition) is 2. The van der Waals surface area contributed by atoms with E-state index in [-0.39, 0.29) is 11.2 Å². The molecule has 0 bridgehead atoms. The smallest absolute Gasteiger partial charge is 0.405 e. The Morgan fingerprint density at radius 2 is 2.10 bits per heavy atom. The van der Waals surface area contributed by atoms with Crippen LogP contribution in [0.1, 0.15) is 38.7 Å². The zero-order chi connectivity index (χ0) is 15.7. The molecule has 0 heterocycles. The summed E-state index contributed by atoms with van der Waals surface area (Å²) in [6.45, 7) is 5.13. The van der Waals surface area contributed by atoms with E-state index < -0.39 is 6.36 Å². The molecule has 21 heavy (non-hydrogen) atoms. The van der Waals surface area contributed by atoms with Gasteiger partial charge in [0.1, 0.15) is 5.75 Å². The highest BCUT2D eigenvalue weighted by Gasteiger charge is 2.34. The average molecular weight is 366 g/mol. The van der Waals surface area contributed by atoms with E-state index in [1.807, 2.05) is 0 Å². The standard InChI is InChI=1S/C15H19BrF3NO/c1-14(2)7-3-4-13(14)20-9-10-5-6-12(11(16)8-10)21-15(17,18)19/h5-6,8,13,20H,3-4,7,9H2,1-2H3. The number of benzene rings is 1. The van der Waals surface area contributed by atoms with Gasteiger partial charge < -0.3 is 10.1 Å². The van der Waals surface area contributed by atoms with Gasteiger partial charge in [0.25, 0.3) is 0 Å². The summed E-state index contributed by atoms with van der Waals surface area (Å²) in [7, 11) is 0. The molecule has 0 aliphatic heterocycles. The summed E-state index contributed by atoms with van der Waals surface area (Å²) < 4.78 is 40.9. The monoisotopic (exact) mass is 365 g/mol. The van der Waals surface area contributed by atoms with Crippen molar-refractivity contribution in [3.05, 3.63) is 28.2 Å². The first-order valence-electron chi connectivity index (χ1n) is 6.95. The average Bonchev–Trinajstić information content (AvgIpc) is 2.67. The van der Waals surface area contributed by atoms with Gasteiger partial charge in [-0.15, -0.1) is 13.2 Å². The fourth-order valence-corrected chi connectivity index (χ4v) is 3.32. The van der Waals surface area contributed by atoms with Crippen molar-refractivity contribution in [2.45, 2.75) is 52.1 Å². The fraction of sp³-hybridized carbons (Fsp3) is 0.600. The lowest BCUT2D eigenvalue weighted by molar-refractivity contribution is -0.274. The van der Waals surface area contributed by atoms with Gasteiger partial charge in [-0.2, -0.15) is 0 Å². The minimum Gasteiger partial charge on any atom is -0.405 e. The van der Waals surface area contributed by atoms with E-state index in [1.54, 1.807) is 12.1 Å². The van der Waals surface area contributed by atoms with E-state index in [2.05, 4.69) is 39.8 Å². The van der Waals surface area contributed by atoms with Crippen molar-refractivity contribution in [2.24, 2.45) is 5.41 Å². The van der Waals surface area contributed by atoms with Crippen molar-refractivity contribution in [3.63, 3.8) is 0 Å². The third-order valence-corrected chi connectivity index (χ3v) is 4.65. The lowest BCUT2D eigenvalue weighted by Crippen LogP contribution is -2.37. The molecule has 2 nitrogen and oxygen atoms in total. The van der Waals surface area contributed by atoms with E-state index >= 15 is 0 Å². The van der Waals surface area contributed by atoms with Gasteiger partial charge in [0, 0.05) is 12.6 Å². The highest BCUT2D eigenvalue weighted by Crippen LogP contribution is 2.37. The molecular formula is C15H19BrF3NO. The van der Waals surface area contributed by atoms with Crippen LogP contribution in [0.25, 0.3) is 0 Å². The van der Waals surface area contributed by atoms with Crippen molar-refractivity contribution in [1.29, 1.82) is 0 Å². The van der Waals surface area contributed by atoms with E-state index in [0.717, 1.165) is 12.0 Å². The second kappa shape index (κ2) is 6.16. The molecule has 1 aliphatic rings. The summed E-state index contributed by atoms with van der Waals surface area (Å²) in [5, 5.41) is 3.50. The van der Waals surface area contributed by atoms with Crippen LogP contribution in [0.5, 0.6) is 5.75 Å². The Hall–Kier alpha value is -0.750. The molecule has 0 radical (unpaired) electrons. The Morgan fingerprint density at radius 3 is 2.62 bits per heavy atom. The van der Waals surface area contributed by atoms with Gasteiger partial charge in [0.2, 0.25) is 0 Å². The molecule has 0 amide bonds. The Bertz CT molecular complexity index is 502.